The number of anilines is 1. The van der Waals surface area contributed by atoms with Crippen LogP contribution in [-0.2, 0) is 15.0 Å². The van der Waals surface area contributed by atoms with Crippen molar-refractivity contribution < 1.29 is 49.2 Å². The minimum Gasteiger partial charge on any atom is -0.549 e. The van der Waals surface area contributed by atoms with E-state index in [1.165, 1.54) is 49.4 Å². The molecule has 0 saturated heterocycles. The third-order valence-electron chi connectivity index (χ3n) is 3.86. The van der Waals surface area contributed by atoms with Gasteiger partial charge in [-0.2, -0.15) is 0 Å². The summed E-state index contributed by atoms with van der Waals surface area (Å²) in [5.74, 6) is -2.12. The van der Waals surface area contributed by atoms with Crippen LogP contribution >= 0.6 is 23.2 Å². The molecule has 0 radical (unpaired) electrons. The number of amides is 1. The minimum atomic E-state index is -1.67. The van der Waals surface area contributed by atoms with Gasteiger partial charge in [-0.05, 0) is 30.7 Å². The van der Waals surface area contributed by atoms with Gasteiger partial charge in [-0.25, -0.2) is 0 Å². The number of carboxylic acid groups (broad SMARTS) is 1. The molecule has 0 spiro atoms. The molecule has 10 heteroatoms. The zero-order chi connectivity index (χ0) is 19.5. The smallest absolute Gasteiger partial charge is 0.549 e. The second-order valence-corrected chi connectivity index (χ2v) is 6.60. The normalized spacial score (nSPS) is 12.4. The molecule has 7 nitrogen and oxygen atoms in total. The zero-order valence-corrected chi connectivity index (χ0v) is 18.0. The van der Waals surface area contributed by atoms with Crippen LogP contribution in [0.5, 0.6) is 0 Å². The van der Waals surface area contributed by atoms with Gasteiger partial charge in [0, 0.05) is 29.7 Å². The van der Waals surface area contributed by atoms with Crippen molar-refractivity contribution >= 4 is 46.5 Å². The summed E-state index contributed by atoms with van der Waals surface area (Å²) < 4.78 is 0. The summed E-state index contributed by atoms with van der Waals surface area (Å²) in [4.78, 5) is 34.2. The van der Waals surface area contributed by atoms with Crippen molar-refractivity contribution in [3.8, 4) is 0 Å². The number of carboxylic acids is 1. The number of nitrogens with one attached hydrogen (secondary N) is 1. The number of carbonyl (C=O) groups is 2. The largest absolute Gasteiger partial charge is 1.00 e. The first kappa shape index (κ1) is 23.4. The van der Waals surface area contributed by atoms with Gasteiger partial charge in [-0.15, -0.1) is 0 Å². The van der Waals surface area contributed by atoms with Gasteiger partial charge >= 0.3 is 29.6 Å². The third-order valence-corrected chi connectivity index (χ3v) is 4.60. The van der Waals surface area contributed by atoms with E-state index in [2.05, 4.69) is 5.32 Å². The molecule has 0 bridgehead atoms. The standard InChI is InChI=1S/C17H14Cl2N2O5.Na/c1-17(16(23)24,10-5-6-13(18)14(19)7-10)9-15(22)20-11-3-2-4-12(8-11)21(25)26;/h2-8H,9H2,1H3,(H,20,22)(H,23,24);/q;+1/p-1. The molecule has 0 aliphatic rings. The molecule has 0 aliphatic carbocycles. The maximum absolute atomic E-state index is 12.3. The number of nitrogens with zero attached hydrogens (tertiary/aromatic N) is 1. The summed E-state index contributed by atoms with van der Waals surface area (Å²) >= 11 is 11.8. The van der Waals surface area contributed by atoms with E-state index in [0.717, 1.165) is 0 Å². The number of hydrogen-bond acceptors (Lipinski definition) is 5. The predicted molar refractivity (Wildman–Crippen MR) is 95.2 cm³/mol. The summed E-state index contributed by atoms with van der Waals surface area (Å²) in [6.45, 7) is 1.33. The average molecular weight is 419 g/mol. The van der Waals surface area contributed by atoms with E-state index in [4.69, 9.17) is 23.2 Å². The number of nitro groups is 1. The van der Waals surface area contributed by atoms with E-state index >= 15 is 0 Å². The molecule has 0 aromatic heterocycles. The number of hydrogen-bond donors (Lipinski definition) is 1. The Balaban J connectivity index is 0.00000364. The third kappa shape index (κ3) is 5.67. The molecule has 0 aliphatic heterocycles. The Labute approximate surface area is 187 Å². The van der Waals surface area contributed by atoms with Gasteiger partial charge in [0.2, 0.25) is 5.91 Å². The fourth-order valence-corrected chi connectivity index (χ4v) is 2.65. The van der Waals surface area contributed by atoms with Gasteiger partial charge in [0.25, 0.3) is 5.69 Å². The molecule has 1 amide bonds. The summed E-state index contributed by atoms with van der Waals surface area (Å²) in [5.41, 5.74) is -1.44. The summed E-state index contributed by atoms with van der Waals surface area (Å²) in [6.07, 6.45) is -0.462. The number of nitro benzene ring substituents is 1. The van der Waals surface area contributed by atoms with E-state index in [1.807, 2.05) is 0 Å². The molecule has 1 unspecified atom stereocenters. The Morgan fingerprint density at radius 1 is 1.15 bits per heavy atom. The Morgan fingerprint density at radius 2 is 1.81 bits per heavy atom. The number of benzene rings is 2. The van der Waals surface area contributed by atoms with Gasteiger partial charge in [0.1, 0.15) is 0 Å². The van der Waals surface area contributed by atoms with Crippen molar-refractivity contribution in [1.82, 2.24) is 0 Å². The molecule has 0 fully saturated rings. The molecule has 27 heavy (non-hydrogen) atoms. The molecule has 2 aromatic carbocycles. The molecule has 1 N–H and O–H groups in total. The summed E-state index contributed by atoms with van der Waals surface area (Å²) in [7, 11) is 0. The van der Waals surface area contributed by atoms with E-state index in [1.54, 1.807) is 0 Å². The van der Waals surface area contributed by atoms with Gasteiger partial charge in [0.05, 0.1) is 20.9 Å². The van der Waals surface area contributed by atoms with Crippen LogP contribution in [0.4, 0.5) is 11.4 Å². The SMILES string of the molecule is CC(CC(=O)Nc1cccc([N+](=O)[O-])c1)(C(=O)[O-])c1ccc(Cl)c(Cl)c1.[Na+]. The van der Waals surface area contributed by atoms with E-state index in [-0.39, 0.29) is 56.5 Å². The maximum atomic E-state index is 12.3. The molecule has 1 atom stereocenters. The number of aliphatic carboxylic acids is 1. The first-order valence-electron chi connectivity index (χ1n) is 7.35. The fraction of sp³-hybridized carbons (Fsp3) is 0.176. The topological polar surface area (TPSA) is 112 Å². The first-order chi connectivity index (χ1) is 12.1. The Hall–Kier alpha value is -1.64. The van der Waals surface area contributed by atoms with E-state index in [9.17, 15) is 24.8 Å². The van der Waals surface area contributed by atoms with Crippen LogP contribution in [0.25, 0.3) is 0 Å². The van der Waals surface area contributed by atoms with Crippen LogP contribution in [0, 0.1) is 10.1 Å². The summed E-state index contributed by atoms with van der Waals surface area (Å²) in [6, 6.07) is 9.55. The maximum Gasteiger partial charge on any atom is 1.00 e. The Bertz CT molecular complexity index is 893. The first-order valence-corrected chi connectivity index (χ1v) is 8.10. The summed E-state index contributed by atoms with van der Waals surface area (Å²) in [5, 5.41) is 25.3. The fourth-order valence-electron chi connectivity index (χ4n) is 2.35. The van der Waals surface area contributed by atoms with Crippen LogP contribution in [0.3, 0.4) is 0 Å². The number of non-ortho nitro benzene ring substituents is 1. The number of rotatable bonds is 6. The predicted octanol–water partition coefficient (Wildman–Crippen LogP) is -0.0580. The van der Waals surface area contributed by atoms with Gasteiger partial charge in [-0.1, -0.05) is 35.3 Å². The van der Waals surface area contributed by atoms with Crippen molar-refractivity contribution in [3.63, 3.8) is 0 Å². The zero-order valence-electron chi connectivity index (χ0n) is 14.5. The Kier molecular flexibility index (Phi) is 8.25. The van der Waals surface area contributed by atoms with Crippen molar-refractivity contribution in [1.29, 1.82) is 0 Å². The average Bonchev–Trinajstić information content (AvgIpc) is 2.57. The number of halogens is 2. The van der Waals surface area contributed by atoms with Crippen LogP contribution in [0.2, 0.25) is 10.0 Å². The second-order valence-electron chi connectivity index (χ2n) is 5.78. The molecule has 136 valence electrons. The van der Waals surface area contributed by atoms with Crippen molar-refractivity contribution in [2.24, 2.45) is 0 Å². The van der Waals surface area contributed by atoms with Crippen LogP contribution in [0.15, 0.2) is 42.5 Å². The molecular weight excluding hydrogens is 406 g/mol. The molecular formula is C17H13Cl2N2NaO5. The van der Waals surface area contributed by atoms with Crippen LogP contribution in [0.1, 0.15) is 18.9 Å². The van der Waals surface area contributed by atoms with Gasteiger partial charge in [0.15, 0.2) is 0 Å². The molecule has 0 saturated carbocycles. The number of carbonyl (C=O) groups excluding carboxylic acids is 2. The van der Waals surface area contributed by atoms with Gasteiger partial charge < -0.3 is 15.2 Å². The second kappa shape index (κ2) is 9.52. The molecule has 2 rings (SSSR count). The molecule has 2 aromatic rings. The minimum absolute atomic E-state index is 0. The van der Waals surface area contributed by atoms with Crippen LogP contribution in [-0.4, -0.2) is 16.8 Å². The van der Waals surface area contributed by atoms with E-state index < -0.39 is 28.6 Å². The Morgan fingerprint density at radius 3 is 2.37 bits per heavy atom. The van der Waals surface area contributed by atoms with Crippen molar-refractivity contribution in [2.45, 2.75) is 18.8 Å². The van der Waals surface area contributed by atoms with Crippen molar-refractivity contribution in [3.05, 3.63) is 68.2 Å². The van der Waals surface area contributed by atoms with Crippen LogP contribution < -0.4 is 40.0 Å². The van der Waals surface area contributed by atoms with E-state index in [0.29, 0.717) is 0 Å². The van der Waals surface area contributed by atoms with Crippen molar-refractivity contribution in [2.75, 3.05) is 5.32 Å². The molecule has 0 heterocycles. The van der Waals surface area contributed by atoms with Gasteiger partial charge in [-0.3, -0.25) is 14.9 Å². The quantitative estimate of drug-likeness (QED) is 0.401. The monoisotopic (exact) mass is 418 g/mol.